The van der Waals surface area contributed by atoms with Gasteiger partial charge in [0.15, 0.2) is 0 Å². The van der Waals surface area contributed by atoms with E-state index in [1.165, 1.54) is 37.8 Å². The highest BCUT2D eigenvalue weighted by Crippen LogP contribution is 2.26. The van der Waals surface area contributed by atoms with Crippen LogP contribution in [0.3, 0.4) is 0 Å². The molecule has 0 radical (unpaired) electrons. The lowest BCUT2D eigenvalue weighted by Crippen LogP contribution is -2.42. The van der Waals surface area contributed by atoms with Gasteiger partial charge in [0.2, 0.25) is 15.9 Å². The van der Waals surface area contributed by atoms with Crippen molar-refractivity contribution in [2.75, 3.05) is 19.3 Å². The monoisotopic (exact) mass is 383 g/mol. The zero-order chi connectivity index (χ0) is 18.6. The lowest BCUT2D eigenvalue weighted by atomic mass is 9.94. The van der Waals surface area contributed by atoms with E-state index in [4.69, 9.17) is 0 Å². The molecule has 8 nitrogen and oxygen atoms in total. The Kier molecular flexibility index (Phi) is 6.31. The van der Waals surface area contributed by atoms with Gasteiger partial charge < -0.3 is 5.32 Å². The molecule has 146 valence electrons. The van der Waals surface area contributed by atoms with E-state index in [9.17, 15) is 13.2 Å². The Hall–Kier alpha value is -1.45. The molecule has 1 saturated carbocycles. The number of hydrogen-bond donors (Lipinski definition) is 2. The number of aromatic nitrogens is 2. The maximum absolute atomic E-state index is 11.8. The minimum atomic E-state index is -3.25. The number of fused-ring (bicyclic) bond motifs is 1. The normalized spacial score (nSPS) is 19.3. The van der Waals surface area contributed by atoms with E-state index in [0.29, 0.717) is 12.6 Å². The van der Waals surface area contributed by atoms with Gasteiger partial charge in [-0.3, -0.25) is 14.4 Å². The second kappa shape index (κ2) is 8.49. The van der Waals surface area contributed by atoms with E-state index in [1.807, 2.05) is 4.68 Å². The van der Waals surface area contributed by atoms with Crippen molar-refractivity contribution in [3.63, 3.8) is 0 Å². The minimum Gasteiger partial charge on any atom is -0.350 e. The van der Waals surface area contributed by atoms with Crippen LogP contribution < -0.4 is 10.0 Å². The molecule has 1 fully saturated rings. The average Bonchev–Trinajstić information content (AvgIpc) is 3.01. The molecule has 0 bridgehead atoms. The van der Waals surface area contributed by atoms with Gasteiger partial charge in [0, 0.05) is 32.1 Å². The molecule has 1 aliphatic carbocycles. The van der Waals surface area contributed by atoms with E-state index < -0.39 is 10.0 Å². The van der Waals surface area contributed by atoms with Crippen LogP contribution in [0.4, 0.5) is 0 Å². The zero-order valence-corrected chi connectivity index (χ0v) is 16.2. The van der Waals surface area contributed by atoms with Crippen LogP contribution in [-0.2, 0) is 34.5 Å². The lowest BCUT2D eigenvalue weighted by molar-refractivity contribution is -0.121. The zero-order valence-electron chi connectivity index (χ0n) is 15.4. The largest absolute Gasteiger partial charge is 0.350 e. The number of hydrogen-bond acceptors (Lipinski definition) is 5. The van der Waals surface area contributed by atoms with E-state index in [1.54, 1.807) is 0 Å². The molecule has 1 aliphatic heterocycles. The second-order valence-electron chi connectivity index (χ2n) is 7.31. The van der Waals surface area contributed by atoms with Crippen molar-refractivity contribution < 1.29 is 13.2 Å². The summed E-state index contributed by atoms with van der Waals surface area (Å²) >= 11 is 0. The van der Waals surface area contributed by atoms with E-state index in [-0.39, 0.29) is 18.9 Å². The van der Waals surface area contributed by atoms with Gasteiger partial charge in [0.1, 0.15) is 0 Å². The van der Waals surface area contributed by atoms with Gasteiger partial charge in [0.25, 0.3) is 0 Å². The van der Waals surface area contributed by atoms with Gasteiger partial charge in [0.05, 0.1) is 30.7 Å². The van der Waals surface area contributed by atoms with Crippen LogP contribution in [0.25, 0.3) is 0 Å². The predicted molar refractivity (Wildman–Crippen MR) is 98.8 cm³/mol. The summed E-state index contributed by atoms with van der Waals surface area (Å²) in [4.78, 5) is 14.4. The summed E-state index contributed by atoms with van der Waals surface area (Å²) in [5, 5.41) is 7.39. The van der Waals surface area contributed by atoms with Crippen LogP contribution in [0, 0.1) is 0 Å². The maximum Gasteiger partial charge on any atom is 0.221 e. The van der Waals surface area contributed by atoms with Gasteiger partial charge in [-0.15, -0.1) is 0 Å². The molecular weight excluding hydrogens is 354 g/mol. The summed E-state index contributed by atoms with van der Waals surface area (Å²) < 4.78 is 26.3. The second-order valence-corrected chi connectivity index (χ2v) is 9.14. The first-order chi connectivity index (χ1) is 12.4. The van der Waals surface area contributed by atoms with Gasteiger partial charge in [-0.1, -0.05) is 19.3 Å². The van der Waals surface area contributed by atoms with Crippen molar-refractivity contribution in [1.82, 2.24) is 24.7 Å². The van der Waals surface area contributed by atoms with Crippen LogP contribution in [0.1, 0.15) is 49.9 Å². The standard InChI is InChI=1S/C17H29N5O3S/c1-26(24,25)19-8-7-17(23)18-12-14-11-16-13-21(9-10-22(16)20-14)15-5-3-2-4-6-15/h11,15,19H,2-10,12-13H2,1H3,(H,18,23). The summed E-state index contributed by atoms with van der Waals surface area (Å²) in [5.74, 6) is -0.184. The van der Waals surface area contributed by atoms with Crippen LogP contribution in [0.15, 0.2) is 6.07 Å². The molecule has 1 amide bonds. The number of sulfonamides is 1. The van der Waals surface area contributed by atoms with Crippen molar-refractivity contribution in [3.05, 3.63) is 17.5 Å². The average molecular weight is 384 g/mol. The third-order valence-electron chi connectivity index (χ3n) is 5.15. The summed E-state index contributed by atoms with van der Waals surface area (Å²) in [5.41, 5.74) is 2.07. The van der Waals surface area contributed by atoms with E-state index in [0.717, 1.165) is 31.6 Å². The lowest BCUT2D eigenvalue weighted by Gasteiger charge is -2.36. The molecule has 2 heterocycles. The summed E-state index contributed by atoms with van der Waals surface area (Å²) in [6.45, 7) is 3.37. The van der Waals surface area contributed by atoms with Crippen molar-refractivity contribution in [1.29, 1.82) is 0 Å². The first-order valence-electron chi connectivity index (χ1n) is 9.42. The van der Waals surface area contributed by atoms with Crippen LogP contribution in [-0.4, -0.2) is 54.4 Å². The van der Waals surface area contributed by atoms with E-state index >= 15 is 0 Å². The molecule has 0 atom stereocenters. The summed E-state index contributed by atoms with van der Waals surface area (Å²) in [6.07, 6.45) is 7.86. The maximum atomic E-state index is 11.8. The van der Waals surface area contributed by atoms with E-state index in [2.05, 4.69) is 26.1 Å². The predicted octanol–water partition coefficient (Wildman–Crippen LogP) is 0.587. The summed E-state index contributed by atoms with van der Waals surface area (Å²) in [6, 6.07) is 2.78. The van der Waals surface area contributed by atoms with Crippen molar-refractivity contribution in [2.24, 2.45) is 0 Å². The van der Waals surface area contributed by atoms with Crippen LogP contribution in [0.2, 0.25) is 0 Å². The van der Waals surface area contributed by atoms with Crippen LogP contribution in [0.5, 0.6) is 0 Å². The highest BCUT2D eigenvalue weighted by atomic mass is 32.2. The molecule has 1 aromatic heterocycles. The Morgan fingerprint density at radius 2 is 2.04 bits per heavy atom. The minimum absolute atomic E-state index is 0.112. The first kappa shape index (κ1) is 19.3. The highest BCUT2D eigenvalue weighted by molar-refractivity contribution is 7.88. The number of amides is 1. The molecule has 3 rings (SSSR count). The fourth-order valence-corrected chi connectivity index (χ4v) is 4.29. The molecule has 0 saturated heterocycles. The molecule has 1 aromatic rings. The summed E-state index contributed by atoms with van der Waals surface area (Å²) in [7, 11) is -3.25. The van der Waals surface area contributed by atoms with Gasteiger partial charge in [-0.25, -0.2) is 13.1 Å². The molecule has 0 spiro atoms. The Balaban J connectivity index is 1.46. The Morgan fingerprint density at radius 1 is 1.27 bits per heavy atom. The third kappa shape index (κ3) is 5.52. The van der Waals surface area contributed by atoms with Crippen molar-refractivity contribution in [3.8, 4) is 0 Å². The Labute approximate surface area is 155 Å². The smallest absolute Gasteiger partial charge is 0.221 e. The number of nitrogens with one attached hydrogen (secondary N) is 2. The number of nitrogens with zero attached hydrogens (tertiary/aromatic N) is 3. The van der Waals surface area contributed by atoms with Gasteiger partial charge in [-0.05, 0) is 18.9 Å². The quantitative estimate of drug-likeness (QED) is 0.718. The van der Waals surface area contributed by atoms with Gasteiger partial charge in [-0.2, -0.15) is 5.10 Å². The molecule has 2 aliphatic rings. The SMILES string of the molecule is CS(=O)(=O)NCCC(=O)NCc1cc2n(n1)CCN(C1CCCCC1)C2. The first-order valence-corrected chi connectivity index (χ1v) is 11.3. The molecule has 2 N–H and O–H groups in total. The fourth-order valence-electron chi connectivity index (χ4n) is 3.82. The molecule has 0 unspecified atom stereocenters. The highest BCUT2D eigenvalue weighted by Gasteiger charge is 2.25. The molecule has 26 heavy (non-hydrogen) atoms. The Morgan fingerprint density at radius 3 is 2.77 bits per heavy atom. The molecule has 9 heteroatoms. The van der Waals surface area contributed by atoms with Crippen molar-refractivity contribution in [2.45, 2.75) is 64.2 Å². The fraction of sp³-hybridized carbons (Fsp3) is 0.765. The molecular formula is C17H29N5O3S. The third-order valence-corrected chi connectivity index (χ3v) is 5.88. The van der Waals surface area contributed by atoms with Crippen LogP contribution >= 0.6 is 0 Å². The molecule has 0 aromatic carbocycles. The number of rotatable bonds is 7. The van der Waals surface area contributed by atoms with Gasteiger partial charge >= 0.3 is 0 Å². The number of carbonyl (C=O) groups excluding carboxylic acids is 1. The topological polar surface area (TPSA) is 96.3 Å². The number of carbonyl (C=O) groups is 1. The van der Waals surface area contributed by atoms with Crippen molar-refractivity contribution >= 4 is 15.9 Å². The Bertz CT molecular complexity index is 725.